The Labute approximate surface area is 150 Å². The van der Waals surface area contributed by atoms with Gasteiger partial charge in [0, 0.05) is 46.2 Å². The zero-order valence-corrected chi connectivity index (χ0v) is 15.4. The fraction of sp³-hybridized carbons (Fsp3) is 0.600. The van der Waals surface area contributed by atoms with E-state index in [1.54, 1.807) is 19.0 Å². The van der Waals surface area contributed by atoms with Crippen LogP contribution in [0.2, 0.25) is 0 Å². The van der Waals surface area contributed by atoms with Gasteiger partial charge in [0.1, 0.15) is 0 Å². The van der Waals surface area contributed by atoms with Gasteiger partial charge in [0.2, 0.25) is 11.8 Å². The Hall–Kier alpha value is -1.88. The molecular formula is C20H29N3O2. The molecule has 0 unspecified atom stereocenters. The highest BCUT2D eigenvalue weighted by Gasteiger charge is 2.37. The van der Waals surface area contributed by atoms with E-state index in [9.17, 15) is 9.59 Å². The van der Waals surface area contributed by atoms with Crippen molar-refractivity contribution >= 4 is 11.8 Å². The van der Waals surface area contributed by atoms with E-state index < -0.39 is 0 Å². The van der Waals surface area contributed by atoms with Crippen molar-refractivity contribution in [1.29, 1.82) is 0 Å². The van der Waals surface area contributed by atoms with Crippen LogP contribution in [0.3, 0.4) is 0 Å². The smallest absolute Gasteiger partial charge is 0.236 e. The summed E-state index contributed by atoms with van der Waals surface area (Å²) >= 11 is 0. The van der Waals surface area contributed by atoms with E-state index in [1.165, 1.54) is 12.0 Å². The summed E-state index contributed by atoms with van der Waals surface area (Å²) in [6.45, 7) is 3.07. The molecular weight excluding hydrogens is 314 g/mol. The van der Waals surface area contributed by atoms with E-state index >= 15 is 0 Å². The molecule has 1 aromatic rings. The van der Waals surface area contributed by atoms with E-state index in [2.05, 4.69) is 21.9 Å². The van der Waals surface area contributed by atoms with Crippen LogP contribution in [0.15, 0.2) is 30.3 Å². The highest BCUT2D eigenvalue weighted by atomic mass is 16.2. The monoisotopic (exact) mass is 343 g/mol. The molecule has 2 bridgehead atoms. The number of carbonyl (C=O) groups excluding carboxylic acids is 2. The quantitative estimate of drug-likeness (QED) is 0.816. The first kappa shape index (κ1) is 17.9. The molecule has 2 amide bonds. The number of benzene rings is 1. The molecule has 3 aliphatic rings. The summed E-state index contributed by atoms with van der Waals surface area (Å²) in [5, 5.41) is 0. The third-order valence-electron chi connectivity index (χ3n) is 5.44. The third-order valence-corrected chi connectivity index (χ3v) is 5.44. The van der Waals surface area contributed by atoms with Gasteiger partial charge in [0.05, 0.1) is 6.54 Å². The minimum Gasteiger partial charge on any atom is -0.348 e. The number of piperidine rings is 1. The molecule has 3 saturated heterocycles. The fourth-order valence-corrected chi connectivity index (χ4v) is 3.99. The van der Waals surface area contributed by atoms with Crippen molar-refractivity contribution in [3.05, 3.63) is 35.9 Å². The number of nitrogens with zero attached hydrogens (tertiary/aromatic N) is 3. The van der Waals surface area contributed by atoms with E-state index in [4.69, 9.17) is 0 Å². The first-order chi connectivity index (χ1) is 12.0. The van der Waals surface area contributed by atoms with Crippen LogP contribution >= 0.6 is 0 Å². The Balaban J connectivity index is 1.58. The minimum absolute atomic E-state index is 0.142. The highest BCUT2D eigenvalue weighted by Crippen LogP contribution is 2.28. The number of amides is 2. The summed E-state index contributed by atoms with van der Waals surface area (Å²) in [4.78, 5) is 30.8. The average Bonchev–Trinajstić information content (AvgIpc) is 2.91. The van der Waals surface area contributed by atoms with Crippen LogP contribution in [0.1, 0.15) is 24.8 Å². The predicted molar refractivity (Wildman–Crippen MR) is 98.1 cm³/mol. The van der Waals surface area contributed by atoms with Gasteiger partial charge in [-0.15, -0.1) is 0 Å². The van der Waals surface area contributed by atoms with Crippen LogP contribution in [-0.2, 0) is 16.0 Å². The lowest BCUT2D eigenvalue weighted by atomic mass is 9.94. The van der Waals surface area contributed by atoms with Crippen LogP contribution in [0.4, 0.5) is 0 Å². The maximum absolute atomic E-state index is 12.8. The van der Waals surface area contributed by atoms with Crippen molar-refractivity contribution in [2.75, 3.05) is 40.3 Å². The first-order valence-corrected chi connectivity index (χ1v) is 9.29. The summed E-state index contributed by atoms with van der Waals surface area (Å²) in [5.74, 6) is 0.900. The molecule has 136 valence electrons. The van der Waals surface area contributed by atoms with Gasteiger partial charge in [-0.25, -0.2) is 0 Å². The molecule has 25 heavy (non-hydrogen) atoms. The third kappa shape index (κ3) is 4.60. The molecule has 3 heterocycles. The Morgan fingerprint density at radius 3 is 2.56 bits per heavy atom. The zero-order valence-electron chi connectivity index (χ0n) is 15.4. The highest BCUT2D eigenvalue weighted by molar-refractivity contribution is 5.78. The molecule has 0 N–H and O–H groups in total. The van der Waals surface area contributed by atoms with Gasteiger partial charge < -0.3 is 9.80 Å². The number of aryl methyl sites for hydroxylation is 1. The predicted octanol–water partition coefficient (Wildman–Crippen LogP) is 1.63. The molecule has 5 nitrogen and oxygen atoms in total. The molecule has 2 atom stereocenters. The topological polar surface area (TPSA) is 43.9 Å². The van der Waals surface area contributed by atoms with Crippen molar-refractivity contribution in [1.82, 2.24) is 14.7 Å². The van der Waals surface area contributed by atoms with Crippen molar-refractivity contribution < 1.29 is 9.59 Å². The normalized spacial score (nSPS) is 23.4. The van der Waals surface area contributed by atoms with Gasteiger partial charge in [0.15, 0.2) is 0 Å². The first-order valence-electron chi connectivity index (χ1n) is 9.29. The van der Waals surface area contributed by atoms with Gasteiger partial charge in [-0.05, 0) is 30.7 Å². The molecule has 0 aliphatic carbocycles. The Bertz CT molecular complexity index is 602. The molecule has 3 fully saturated rings. The number of hydrogen-bond donors (Lipinski definition) is 0. The second kappa shape index (κ2) is 8.00. The van der Waals surface area contributed by atoms with Crippen molar-refractivity contribution in [3.63, 3.8) is 0 Å². The van der Waals surface area contributed by atoms with Gasteiger partial charge in [0.25, 0.3) is 0 Å². The maximum Gasteiger partial charge on any atom is 0.236 e. The molecule has 0 spiro atoms. The van der Waals surface area contributed by atoms with Gasteiger partial charge in [-0.1, -0.05) is 30.3 Å². The van der Waals surface area contributed by atoms with E-state index in [0.717, 1.165) is 32.5 Å². The van der Waals surface area contributed by atoms with Crippen LogP contribution in [0, 0.1) is 5.92 Å². The average molecular weight is 343 g/mol. The largest absolute Gasteiger partial charge is 0.348 e. The second-order valence-corrected chi connectivity index (χ2v) is 7.61. The lowest BCUT2D eigenvalue weighted by Crippen LogP contribution is -2.47. The Kier molecular flexibility index (Phi) is 5.74. The standard InChI is InChI=1S/C20H29N3O2/c1-21(2)20(25)15-22-12-17-8-10-18(14-22)23(13-17)19(24)11-9-16-6-4-3-5-7-16/h3-7,17-18H,8-15H2,1-2H3/t17-,18+/m1/s1. The summed E-state index contributed by atoms with van der Waals surface area (Å²) in [7, 11) is 3.60. The Morgan fingerprint density at radius 1 is 1.08 bits per heavy atom. The van der Waals surface area contributed by atoms with Gasteiger partial charge in [-0.2, -0.15) is 0 Å². The lowest BCUT2D eigenvalue weighted by molar-refractivity contribution is -0.135. The Morgan fingerprint density at radius 2 is 1.84 bits per heavy atom. The summed E-state index contributed by atoms with van der Waals surface area (Å²) < 4.78 is 0. The molecule has 5 heteroatoms. The van der Waals surface area contributed by atoms with Gasteiger partial charge >= 0.3 is 0 Å². The van der Waals surface area contributed by atoms with Crippen LogP contribution in [0.25, 0.3) is 0 Å². The van der Waals surface area contributed by atoms with Gasteiger partial charge in [-0.3, -0.25) is 14.5 Å². The number of rotatable bonds is 5. The summed E-state index contributed by atoms with van der Waals surface area (Å²) in [6.07, 6.45) is 3.61. The van der Waals surface area contributed by atoms with Crippen molar-refractivity contribution in [3.8, 4) is 0 Å². The lowest BCUT2D eigenvalue weighted by Gasteiger charge is -2.36. The number of carbonyl (C=O) groups is 2. The van der Waals surface area contributed by atoms with E-state index in [1.807, 2.05) is 18.2 Å². The molecule has 0 aromatic heterocycles. The number of likely N-dealkylation sites (N-methyl/N-ethyl adjacent to an activating group) is 1. The number of hydrogen-bond acceptors (Lipinski definition) is 3. The van der Waals surface area contributed by atoms with Crippen molar-refractivity contribution in [2.45, 2.75) is 31.7 Å². The molecule has 3 aliphatic heterocycles. The second-order valence-electron chi connectivity index (χ2n) is 7.61. The summed E-state index contributed by atoms with van der Waals surface area (Å²) in [5.41, 5.74) is 1.22. The van der Waals surface area contributed by atoms with Crippen LogP contribution in [-0.4, -0.2) is 72.8 Å². The molecule has 0 saturated carbocycles. The van der Waals surface area contributed by atoms with Crippen molar-refractivity contribution in [2.24, 2.45) is 5.92 Å². The number of fused-ring (bicyclic) bond motifs is 4. The fourth-order valence-electron chi connectivity index (χ4n) is 3.99. The van der Waals surface area contributed by atoms with Crippen LogP contribution in [0.5, 0.6) is 0 Å². The molecule has 4 rings (SSSR count). The van der Waals surface area contributed by atoms with E-state index in [0.29, 0.717) is 18.9 Å². The van der Waals surface area contributed by atoms with E-state index in [-0.39, 0.29) is 17.9 Å². The molecule has 1 aromatic carbocycles. The minimum atomic E-state index is 0.142. The van der Waals surface area contributed by atoms with Crippen LogP contribution < -0.4 is 0 Å². The maximum atomic E-state index is 12.8. The molecule has 0 radical (unpaired) electrons. The SMILES string of the molecule is CN(C)C(=O)CN1C[C@H]2CC[C@@H](C1)N(C(=O)CCc1ccccc1)C2. The zero-order chi connectivity index (χ0) is 17.8. The summed E-state index contributed by atoms with van der Waals surface area (Å²) in [6, 6.07) is 10.5.